The SMILES string of the molecule is CC(C)(C)C1CCC(NC(=O)C2=C[C@H](O)[C@H](O)[C@@H](O[C@@H](C(N)=O)[C@H]3O[C@@H](n4ccc(=O)[nH]c4=O)[C@H](O)[C@@H]3CO)O2)CC1. The summed E-state index contributed by atoms with van der Waals surface area (Å²) in [5, 5.41) is 44.6. The Hall–Kier alpha value is -3.08. The van der Waals surface area contributed by atoms with Crippen LogP contribution in [0.5, 0.6) is 0 Å². The normalized spacial score (nSPS) is 34.3. The van der Waals surface area contributed by atoms with Crippen molar-refractivity contribution in [2.75, 3.05) is 6.61 Å². The molecule has 234 valence electrons. The highest BCUT2D eigenvalue weighted by Gasteiger charge is 2.51. The number of nitrogens with two attached hydrogens (primary N) is 1. The Morgan fingerprint density at radius 1 is 1.17 bits per heavy atom. The van der Waals surface area contributed by atoms with Gasteiger partial charge in [0.05, 0.1) is 6.61 Å². The van der Waals surface area contributed by atoms with E-state index in [4.69, 9.17) is 19.9 Å². The third kappa shape index (κ3) is 6.76. The number of hydrogen-bond donors (Lipinski definition) is 7. The molecule has 0 radical (unpaired) electrons. The van der Waals surface area contributed by atoms with Crippen LogP contribution in [0.4, 0.5) is 0 Å². The van der Waals surface area contributed by atoms with Crippen LogP contribution in [0.1, 0.15) is 52.7 Å². The monoisotopic (exact) mass is 596 g/mol. The molecule has 1 aromatic rings. The van der Waals surface area contributed by atoms with Crippen LogP contribution in [0.3, 0.4) is 0 Å². The molecule has 8 atom stereocenters. The van der Waals surface area contributed by atoms with E-state index in [0.717, 1.165) is 48.6 Å². The second kappa shape index (κ2) is 12.7. The van der Waals surface area contributed by atoms with Crippen LogP contribution < -0.4 is 22.3 Å². The number of nitrogens with zero attached hydrogens (tertiary/aromatic N) is 1. The van der Waals surface area contributed by atoms with Gasteiger partial charge in [0.25, 0.3) is 11.5 Å². The van der Waals surface area contributed by atoms with Crippen molar-refractivity contribution in [1.82, 2.24) is 14.9 Å². The minimum atomic E-state index is -1.78. The Balaban J connectivity index is 1.47. The summed E-state index contributed by atoms with van der Waals surface area (Å²) in [5.41, 5.74) is 4.11. The van der Waals surface area contributed by atoms with Crippen LogP contribution in [-0.2, 0) is 23.8 Å². The number of rotatable bonds is 8. The average molecular weight is 597 g/mol. The van der Waals surface area contributed by atoms with Crippen molar-refractivity contribution in [2.24, 2.45) is 23.0 Å². The molecule has 3 aliphatic rings. The fraction of sp³-hybridized carbons (Fsp3) is 0.704. The first-order chi connectivity index (χ1) is 19.7. The highest BCUT2D eigenvalue weighted by Crippen LogP contribution is 2.38. The number of ether oxygens (including phenoxy) is 3. The highest BCUT2D eigenvalue weighted by atomic mass is 16.7. The maximum atomic E-state index is 13.0. The van der Waals surface area contributed by atoms with Crippen LogP contribution in [-0.4, -0.2) is 91.3 Å². The second-order valence-electron chi connectivity index (χ2n) is 12.2. The lowest BCUT2D eigenvalue weighted by molar-refractivity contribution is -0.239. The van der Waals surface area contributed by atoms with E-state index >= 15 is 0 Å². The number of hydrogen-bond acceptors (Lipinski definition) is 11. The van der Waals surface area contributed by atoms with Gasteiger partial charge in [-0.2, -0.15) is 0 Å². The molecule has 0 bridgehead atoms. The average Bonchev–Trinajstić information content (AvgIpc) is 3.24. The van der Waals surface area contributed by atoms with Gasteiger partial charge in [-0.3, -0.25) is 23.9 Å². The van der Waals surface area contributed by atoms with Crippen molar-refractivity contribution in [1.29, 1.82) is 0 Å². The Bertz CT molecular complexity index is 1280. The summed E-state index contributed by atoms with van der Waals surface area (Å²) in [6.45, 7) is 5.84. The number of primary amides is 1. The Kier molecular flexibility index (Phi) is 9.59. The van der Waals surface area contributed by atoms with Gasteiger partial charge in [-0.05, 0) is 43.1 Å². The molecule has 0 unspecified atom stereocenters. The van der Waals surface area contributed by atoms with Gasteiger partial charge in [-0.15, -0.1) is 0 Å². The van der Waals surface area contributed by atoms with Crippen LogP contribution in [0.15, 0.2) is 33.7 Å². The van der Waals surface area contributed by atoms with E-state index < -0.39 is 78.6 Å². The number of carbonyl (C=O) groups excluding carboxylic acids is 2. The first-order valence-electron chi connectivity index (χ1n) is 14.0. The summed E-state index contributed by atoms with van der Waals surface area (Å²) >= 11 is 0. The van der Waals surface area contributed by atoms with Gasteiger partial charge in [0.15, 0.2) is 18.1 Å². The number of carbonyl (C=O) groups is 2. The van der Waals surface area contributed by atoms with Gasteiger partial charge in [0, 0.05) is 24.2 Å². The zero-order chi connectivity index (χ0) is 30.9. The molecule has 15 nitrogen and oxygen atoms in total. The lowest BCUT2D eigenvalue weighted by atomic mass is 9.71. The Morgan fingerprint density at radius 3 is 2.40 bits per heavy atom. The molecule has 1 saturated carbocycles. The highest BCUT2D eigenvalue weighted by molar-refractivity contribution is 5.92. The maximum absolute atomic E-state index is 13.0. The van der Waals surface area contributed by atoms with E-state index in [9.17, 15) is 39.6 Å². The lowest BCUT2D eigenvalue weighted by Crippen LogP contribution is -2.53. The lowest BCUT2D eigenvalue weighted by Gasteiger charge is -2.38. The number of amides is 2. The number of aromatic nitrogens is 2. The fourth-order valence-electron chi connectivity index (χ4n) is 5.81. The molecule has 8 N–H and O–H groups in total. The molecule has 2 fully saturated rings. The summed E-state index contributed by atoms with van der Waals surface area (Å²) in [4.78, 5) is 51.3. The minimum Gasteiger partial charge on any atom is -0.456 e. The molecule has 0 aromatic carbocycles. The Labute approximate surface area is 241 Å². The van der Waals surface area contributed by atoms with Crippen molar-refractivity contribution in [3.8, 4) is 0 Å². The molecule has 1 saturated heterocycles. The smallest absolute Gasteiger partial charge is 0.330 e. The standard InChI is InChI=1S/C27H40N4O11/c1-27(2,3)12-4-6-13(7-5-12)29-23(38)16-10-15(33)19(36)25(40-16)42-21(22(28)37)20-14(11-32)18(35)24(41-20)31-9-8-17(34)30-26(31)39/h8-10,12-15,18-21,24-25,32-33,35-36H,4-7,11H2,1-3H3,(H2,28,37)(H,29,38)(H,30,34,39)/t12?,13?,14-,15-,18+,19-,20-,21+,24+,25+/m0/s1. The molecule has 3 heterocycles. The zero-order valence-electron chi connectivity index (χ0n) is 23.7. The molecule has 15 heteroatoms. The number of H-pyrrole nitrogens is 1. The van der Waals surface area contributed by atoms with E-state index in [1.807, 2.05) is 4.98 Å². The van der Waals surface area contributed by atoms with Gasteiger partial charge < -0.3 is 45.7 Å². The predicted octanol–water partition coefficient (Wildman–Crippen LogP) is -2.04. The van der Waals surface area contributed by atoms with E-state index in [1.54, 1.807) is 0 Å². The summed E-state index contributed by atoms with van der Waals surface area (Å²) in [6, 6.07) is 0.901. The van der Waals surface area contributed by atoms with Gasteiger partial charge in [0.2, 0.25) is 12.2 Å². The van der Waals surface area contributed by atoms with Crippen molar-refractivity contribution in [2.45, 2.75) is 95.5 Å². The number of aliphatic hydroxyl groups is 4. The summed E-state index contributed by atoms with van der Waals surface area (Å²) < 4.78 is 17.8. The Morgan fingerprint density at radius 2 is 1.83 bits per heavy atom. The second-order valence-corrected chi connectivity index (χ2v) is 12.2. The number of nitrogens with one attached hydrogen (secondary N) is 2. The summed E-state index contributed by atoms with van der Waals surface area (Å²) in [5.74, 6) is -2.79. The third-order valence-corrected chi connectivity index (χ3v) is 8.35. The van der Waals surface area contributed by atoms with Crippen LogP contribution >= 0.6 is 0 Å². The fourth-order valence-corrected chi connectivity index (χ4v) is 5.81. The molecular weight excluding hydrogens is 556 g/mol. The summed E-state index contributed by atoms with van der Waals surface area (Å²) in [7, 11) is 0. The number of aromatic amines is 1. The van der Waals surface area contributed by atoms with Gasteiger partial charge >= 0.3 is 5.69 Å². The molecule has 1 aromatic heterocycles. The van der Waals surface area contributed by atoms with Crippen molar-refractivity contribution < 1.29 is 44.2 Å². The van der Waals surface area contributed by atoms with E-state index in [2.05, 4.69) is 26.1 Å². The van der Waals surface area contributed by atoms with E-state index in [1.165, 1.54) is 0 Å². The largest absolute Gasteiger partial charge is 0.456 e. The van der Waals surface area contributed by atoms with E-state index in [-0.39, 0.29) is 17.2 Å². The summed E-state index contributed by atoms with van der Waals surface area (Å²) in [6.07, 6.45) is -5.85. The maximum Gasteiger partial charge on any atom is 0.330 e. The molecule has 2 amide bonds. The first kappa shape index (κ1) is 31.8. The van der Waals surface area contributed by atoms with Gasteiger partial charge in [-0.25, -0.2) is 4.79 Å². The molecule has 4 rings (SSSR count). The van der Waals surface area contributed by atoms with Gasteiger partial charge in [0.1, 0.15) is 24.4 Å². The molecule has 1 aliphatic carbocycles. The van der Waals surface area contributed by atoms with Crippen LogP contribution in [0.2, 0.25) is 0 Å². The topological polar surface area (TPSA) is 236 Å². The minimum absolute atomic E-state index is 0.116. The quantitative estimate of drug-likeness (QED) is 0.173. The molecule has 0 spiro atoms. The van der Waals surface area contributed by atoms with Crippen molar-refractivity contribution in [3.05, 3.63) is 44.9 Å². The molecular formula is C27H40N4O11. The van der Waals surface area contributed by atoms with E-state index in [0.29, 0.717) is 5.92 Å². The van der Waals surface area contributed by atoms with Crippen molar-refractivity contribution >= 4 is 11.8 Å². The third-order valence-electron chi connectivity index (χ3n) is 8.35. The first-order valence-corrected chi connectivity index (χ1v) is 14.0. The predicted molar refractivity (Wildman–Crippen MR) is 144 cm³/mol. The number of aliphatic hydroxyl groups excluding tert-OH is 4. The van der Waals surface area contributed by atoms with Gasteiger partial charge in [-0.1, -0.05) is 20.8 Å². The van der Waals surface area contributed by atoms with Crippen LogP contribution in [0, 0.1) is 17.3 Å². The van der Waals surface area contributed by atoms with Crippen molar-refractivity contribution in [3.63, 3.8) is 0 Å². The van der Waals surface area contributed by atoms with Crippen LogP contribution in [0.25, 0.3) is 0 Å². The molecule has 42 heavy (non-hydrogen) atoms. The molecule has 2 aliphatic heterocycles. The zero-order valence-corrected chi connectivity index (χ0v) is 23.7.